The van der Waals surface area contributed by atoms with Crippen molar-refractivity contribution in [3.05, 3.63) is 63.9 Å². The minimum atomic E-state index is -0.220. The lowest BCUT2D eigenvalue weighted by Crippen LogP contribution is -2.00. The van der Waals surface area contributed by atoms with Crippen LogP contribution in [0.4, 0.5) is 10.1 Å². The number of hydrogen-bond acceptors (Lipinski definition) is 1. The fourth-order valence-corrected chi connectivity index (χ4v) is 2.72. The van der Waals surface area contributed by atoms with Gasteiger partial charge in [0.05, 0.1) is 0 Å². The van der Waals surface area contributed by atoms with Gasteiger partial charge in [-0.3, -0.25) is 0 Å². The van der Waals surface area contributed by atoms with E-state index in [1.165, 1.54) is 37.0 Å². The van der Waals surface area contributed by atoms with E-state index in [0.29, 0.717) is 6.54 Å². The van der Waals surface area contributed by atoms with Gasteiger partial charge in [0.25, 0.3) is 0 Å². The Hall–Kier alpha value is -1.35. The average Bonchev–Trinajstić information content (AvgIpc) is 2.48. The van der Waals surface area contributed by atoms with Gasteiger partial charge < -0.3 is 5.32 Å². The van der Waals surface area contributed by atoms with Crippen LogP contribution in [0.3, 0.4) is 0 Å². The van der Waals surface area contributed by atoms with Crippen LogP contribution in [0.5, 0.6) is 0 Å². The van der Waals surface area contributed by atoms with Crippen molar-refractivity contribution < 1.29 is 4.39 Å². The molecule has 0 amide bonds. The van der Waals surface area contributed by atoms with E-state index in [1.54, 1.807) is 6.07 Å². The van der Waals surface area contributed by atoms with Gasteiger partial charge >= 0.3 is 0 Å². The number of nitrogens with one attached hydrogen (secondary N) is 1. The third kappa shape index (κ3) is 5.16. The third-order valence-electron chi connectivity index (χ3n) is 3.52. The molecule has 0 heterocycles. The highest BCUT2D eigenvalue weighted by Gasteiger charge is 2.02. The maximum absolute atomic E-state index is 13.0. The second-order valence-electron chi connectivity index (χ2n) is 5.24. The normalized spacial score (nSPS) is 10.6. The van der Waals surface area contributed by atoms with Gasteiger partial charge in [-0.25, -0.2) is 4.39 Å². The summed E-state index contributed by atoms with van der Waals surface area (Å²) in [5.41, 5.74) is 3.52. The van der Waals surface area contributed by atoms with Gasteiger partial charge in [-0.05, 0) is 48.2 Å². The van der Waals surface area contributed by atoms with Crippen molar-refractivity contribution in [3.63, 3.8) is 0 Å². The molecule has 0 bridgehead atoms. The molecule has 0 saturated carbocycles. The first-order valence-corrected chi connectivity index (χ1v) is 8.25. The summed E-state index contributed by atoms with van der Waals surface area (Å²) in [4.78, 5) is 0. The van der Waals surface area contributed by atoms with Crippen molar-refractivity contribution in [1.82, 2.24) is 0 Å². The van der Waals surface area contributed by atoms with Crippen LogP contribution in [0.25, 0.3) is 0 Å². The molecule has 2 aromatic carbocycles. The fourth-order valence-electron chi connectivity index (χ4n) is 2.23. The summed E-state index contributed by atoms with van der Waals surface area (Å²) < 4.78 is 13.8. The zero-order valence-corrected chi connectivity index (χ0v) is 13.9. The Labute approximate surface area is 134 Å². The van der Waals surface area contributed by atoms with Crippen LogP contribution in [0.2, 0.25) is 0 Å². The van der Waals surface area contributed by atoms with Crippen molar-refractivity contribution in [1.29, 1.82) is 0 Å². The molecule has 0 aliphatic rings. The smallest absolute Gasteiger partial charge is 0.124 e. The van der Waals surface area contributed by atoms with E-state index in [4.69, 9.17) is 0 Å². The highest BCUT2D eigenvalue weighted by atomic mass is 79.9. The minimum absolute atomic E-state index is 0.220. The standard InChI is InChI=1S/C18H21BrFN/c1-2-3-4-5-14-6-10-17(11-7-14)21-13-15-8-9-16(20)12-18(15)19/h6-12,21H,2-5,13H2,1H3. The lowest BCUT2D eigenvalue weighted by molar-refractivity contribution is 0.626. The Morgan fingerprint density at radius 1 is 1.05 bits per heavy atom. The van der Waals surface area contributed by atoms with Gasteiger partial charge in [-0.15, -0.1) is 0 Å². The number of rotatable bonds is 7. The number of unbranched alkanes of at least 4 members (excludes halogenated alkanes) is 2. The summed E-state index contributed by atoms with van der Waals surface area (Å²) in [6.45, 7) is 2.90. The van der Waals surface area contributed by atoms with Crippen molar-refractivity contribution in [2.75, 3.05) is 5.32 Å². The number of hydrogen-bond donors (Lipinski definition) is 1. The predicted octanol–water partition coefficient (Wildman–Crippen LogP) is 5.93. The van der Waals surface area contributed by atoms with E-state index in [0.717, 1.165) is 22.1 Å². The molecular formula is C18H21BrFN. The Morgan fingerprint density at radius 3 is 2.48 bits per heavy atom. The lowest BCUT2D eigenvalue weighted by Gasteiger charge is -2.09. The van der Waals surface area contributed by atoms with E-state index in [1.807, 2.05) is 0 Å². The van der Waals surface area contributed by atoms with E-state index < -0.39 is 0 Å². The third-order valence-corrected chi connectivity index (χ3v) is 4.26. The van der Waals surface area contributed by atoms with Crippen LogP contribution < -0.4 is 5.32 Å². The summed E-state index contributed by atoms with van der Waals surface area (Å²) in [6.07, 6.45) is 4.95. The topological polar surface area (TPSA) is 12.0 Å². The fraction of sp³-hybridized carbons (Fsp3) is 0.333. The summed E-state index contributed by atoms with van der Waals surface area (Å²) in [5, 5.41) is 3.36. The highest BCUT2D eigenvalue weighted by molar-refractivity contribution is 9.10. The Balaban J connectivity index is 1.88. The molecule has 2 rings (SSSR count). The Bertz CT molecular complexity index is 566. The number of aryl methyl sites for hydroxylation is 1. The van der Waals surface area contributed by atoms with E-state index in [-0.39, 0.29) is 5.82 Å². The van der Waals surface area contributed by atoms with Gasteiger partial charge in [0.15, 0.2) is 0 Å². The molecule has 0 atom stereocenters. The average molecular weight is 350 g/mol. The quantitative estimate of drug-likeness (QED) is 0.610. The molecule has 1 nitrogen and oxygen atoms in total. The maximum Gasteiger partial charge on any atom is 0.124 e. The molecule has 0 aliphatic heterocycles. The second kappa shape index (κ2) is 8.18. The van der Waals surface area contributed by atoms with Gasteiger partial charge in [-0.2, -0.15) is 0 Å². The summed E-state index contributed by atoms with van der Waals surface area (Å²) in [7, 11) is 0. The summed E-state index contributed by atoms with van der Waals surface area (Å²) >= 11 is 3.39. The summed E-state index contributed by atoms with van der Waals surface area (Å²) in [6, 6.07) is 13.4. The van der Waals surface area contributed by atoms with Crippen molar-refractivity contribution in [2.45, 2.75) is 39.2 Å². The van der Waals surface area contributed by atoms with Crippen molar-refractivity contribution in [2.24, 2.45) is 0 Å². The number of halogens is 2. The SMILES string of the molecule is CCCCCc1ccc(NCc2ccc(F)cc2Br)cc1. The number of anilines is 1. The molecule has 0 fully saturated rings. The predicted molar refractivity (Wildman–Crippen MR) is 91.1 cm³/mol. The van der Waals surface area contributed by atoms with Crippen LogP contribution in [0.15, 0.2) is 46.9 Å². The van der Waals surface area contributed by atoms with Crippen LogP contribution >= 0.6 is 15.9 Å². The molecule has 3 heteroatoms. The van der Waals surface area contributed by atoms with Crippen LogP contribution in [0, 0.1) is 5.82 Å². The molecule has 2 aromatic rings. The lowest BCUT2D eigenvalue weighted by atomic mass is 10.1. The first kappa shape index (κ1) is 16.0. The minimum Gasteiger partial charge on any atom is -0.381 e. The molecule has 21 heavy (non-hydrogen) atoms. The molecular weight excluding hydrogens is 329 g/mol. The number of benzene rings is 2. The van der Waals surface area contributed by atoms with Gasteiger partial charge in [-0.1, -0.05) is 53.9 Å². The molecule has 0 saturated heterocycles. The van der Waals surface area contributed by atoms with Crippen LogP contribution in [0.1, 0.15) is 37.3 Å². The maximum atomic E-state index is 13.0. The Morgan fingerprint density at radius 2 is 1.81 bits per heavy atom. The summed E-state index contributed by atoms with van der Waals surface area (Å²) in [5.74, 6) is -0.220. The molecule has 0 aromatic heterocycles. The molecule has 112 valence electrons. The van der Waals surface area contributed by atoms with Gasteiger partial charge in [0, 0.05) is 16.7 Å². The largest absolute Gasteiger partial charge is 0.381 e. The van der Waals surface area contributed by atoms with Crippen LogP contribution in [-0.2, 0) is 13.0 Å². The first-order chi connectivity index (χ1) is 10.2. The van der Waals surface area contributed by atoms with E-state index in [9.17, 15) is 4.39 Å². The highest BCUT2D eigenvalue weighted by Crippen LogP contribution is 2.20. The molecule has 0 unspecified atom stereocenters. The molecule has 1 N–H and O–H groups in total. The molecule has 0 spiro atoms. The van der Waals surface area contributed by atoms with Crippen LogP contribution in [-0.4, -0.2) is 0 Å². The van der Waals surface area contributed by atoms with Gasteiger partial charge in [0.1, 0.15) is 5.82 Å². The van der Waals surface area contributed by atoms with Gasteiger partial charge in [0.2, 0.25) is 0 Å². The molecule has 0 aliphatic carbocycles. The van der Waals surface area contributed by atoms with Crippen molar-refractivity contribution >= 4 is 21.6 Å². The monoisotopic (exact) mass is 349 g/mol. The first-order valence-electron chi connectivity index (χ1n) is 7.46. The Kier molecular flexibility index (Phi) is 6.24. The van der Waals surface area contributed by atoms with E-state index in [2.05, 4.69) is 52.4 Å². The molecule has 0 radical (unpaired) electrons. The zero-order valence-electron chi connectivity index (χ0n) is 12.3. The second-order valence-corrected chi connectivity index (χ2v) is 6.10. The zero-order chi connectivity index (χ0) is 15.1. The van der Waals surface area contributed by atoms with E-state index >= 15 is 0 Å². The van der Waals surface area contributed by atoms with Crippen molar-refractivity contribution in [3.8, 4) is 0 Å².